The number of ether oxygens (including phenoxy) is 1. The van der Waals surface area contributed by atoms with Crippen LogP contribution in [-0.2, 0) is 4.79 Å². The van der Waals surface area contributed by atoms with E-state index in [4.69, 9.17) is 10.5 Å². The zero-order valence-corrected chi connectivity index (χ0v) is 14.8. The molecule has 0 aliphatic carbocycles. The van der Waals surface area contributed by atoms with Crippen LogP contribution >= 0.6 is 12.4 Å². The van der Waals surface area contributed by atoms with E-state index in [1.54, 1.807) is 25.1 Å². The molecule has 2 heterocycles. The predicted octanol–water partition coefficient (Wildman–Crippen LogP) is 2.17. The second-order valence-corrected chi connectivity index (χ2v) is 6.35. The number of nitrogens with one attached hydrogen (secondary N) is 1. The number of nitrogens with zero attached hydrogens (tertiary/aromatic N) is 1. The van der Waals surface area contributed by atoms with Crippen molar-refractivity contribution in [2.45, 2.75) is 51.3 Å². The number of fused-ring (bicyclic) bond motifs is 1. The molecule has 3 N–H and O–H groups in total. The summed E-state index contributed by atoms with van der Waals surface area (Å²) in [6, 6.07) is 5.23. The van der Waals surface area contributed by atoms with Crippen LogP contribution in [-0.4, -0.2) is 41.4 Å². The summed E-state index contributed by atoms with van der Waals surface area (Å²) in [7, 11) is 0. The lowest BCUT2D eigenvalue weighted by molar-refractivity contribution is -0.122. The Bertz CT molecular complexity index is 636. The number of carbonyl (C=O) groups is 2. The number of likely N-dealkylation sites (tertiary alicyclic amines) is 1. The molecule has 132 valence electrons. The van der Waals surface area contributed by atoms with Crippen molar-refractivity contribution in [1.82, 2.24) is 4.90 Å². The summed E-state index contributed by atoms with van der Waals surface area (Å²) in [4.78, 5) is 26.6. The number of piperidine rings is 1. The van der Waals surface area contributed by atoms with Gasteiger partial charge < -0.3 is 20.7 Å². The van der Waals surface area contributed by atoms with Gasteiger partial charge in [-0.15, -0.1) is 12.4 Å². The highest BCUT2D eigenvalue weighted by atomic mass is 35.5. The Kier molecular flexibility index (Phi) is 5.72. The normalized spacial score (nSPS) is 24.1. The van der Waals surface area contributed by atoms with Gasteiger partial charge in [0, 0.05) is 18.6 Å². The molecule has 24 heavy (non-hydrogen) atoms. The lowest BCUT2D eigenvalue weighted by Crippen LogP contribution is -2.51. The maximum absolute atomic E-state index is 13.1. The third-order valence-electron chi connectivity index (χ3n) is 4.58. The fourth-order valence-corrected chi connectivity index (χ4v) is 3.31. The van der Waals surface area contributed by atoms with Gasteiger partial charge >= 0.3 is 0 Å². The summed E-state index contributed by atoms with van der Waals surface area (Å²) in [5.74, 6) is 0.180. The van der Waals surface area contributed by atoms with Gasteiger partial charge in [0.05, 0.1) is 11.3 Å². The summed E-state index contributed by atoms with van der Waals surface area (Å²) >= 11 is 0. The molecule has 0 radical (unpaired) electrons. The van der Waals surface area contributed by atoms with Crippen LogP contribution in [0.4, 0.5) is 5.69 Å². The van der Waals surface area contributed by atoms with E-state index in [-0.39, 0.29) is 36.3 Å². The first-order valence-corrected chi connectivity index (χ1v) is 8.16. The third kappa shape index (κ3) is 3.35. The first kappa shape index (κ1) is 18.5. The van der Waals surface area contributed by atoms with Crippen LogP contribution in [0.3, 0.4) is 0 Å². The van der Waals surface area contributed by atoms with E-state index < -0.39 is 6.10 Å². The van der Waals surface area contributed by atoms with Gasteiger partial charge in [0.15, 0.2) is 11.9 Å². The second kappa shape index (κ2) is 7.40. The fourth-order valence-electron chi connectivity index (χ4n) is 3.31. The molecule has 3 rings (SSSR count). The summed E-state index contributed by atoms with van der Waals surface area (Å²) in [5.41, 5.74) is 7.11. The minimum Gasteiger partial charge on any atom is -0.478 e. The third-order valence-corrected chi connectivity index (χ3v) is 4.58. The molecule has 3 unspecified atom stereocenters. The molecule has 2 aliphatic rings. The Morgan fingerprint density at radius 2 is 2.17 bits per heavy atom. The molecule has 0 bridgehead atoms. The zero-order chi connectivity index (χ0) is 16.6. The van der Waals surface area contributed by atoms with Crippen LogP contribution in [0.5, 0.6) is 5.75 Å². The van der Waals surface area contributed by atoms with E-state index in [1.165, 1.54) is 0 Å². The molecule has 0 aromatic heterocycles. The van der Waals surface area contributed by atoms with Crippen molar-refractivity contribution in [3.05, 3.63) is 23.8 Å². The minimum atomic E-state index is -0.609. The van der Waals surface area contributed by atoms with Gasteiger partial charge in [-0.25, -0.2) is 0 Å². The maximum Gasteiger partial charge on any atom is 0.265 e. The summed E-state index contributed by atoms with van der Waals surface area (Å²) in [6.07, 6.45) is 2.39. The van der Waals surface area contributed by atoms with Crippen LogP contribution in [0.25, 0.3) is 0 Å². The standard InChI is InChI=1S/C17H23N3O3.ClH/c1-10(18)14-8-3-4-9-20(14)17(22)12-6-5-7-13-15(12)23-11(2)16(21)19-13;/h5-7,10-11,14H,3-4,8-9,18H2,1-2H3,(H,19,21);1H. The largest absolute Gasteiger partial charge is 0.478 e. The van der Waals surface area contributed by atoms with Gasteiger partial charge in [-0.2, -0.15) is 0 Å². The van der Waals surface area contributed by atoms with Crippen molar-refractivity contribution in [2.24, 2.45) is 5.73 Å². The first-order valence-electron chi connectivity index (χ1n) is 8.16. The van der Waals surface area contributed by atoms with Crippen molar-refractivity contribution in [2.75, 3.05) is 11.9 Å². The van der Waals surface area contributed by atoms with Gasteiger partial charge in [0.25, 0.3) is 11.8 Å². The van der Waals surface area contributed by atoms with Gasteiger partial charge in [0.2, 0.25) is 0 Å². The van der Waals surface area contributed by atoms with E-state index in [1.807, 2.05) is 11.8 Å². The smallest absolute Gasteiger partial charge is 0.265 e. The molecule has 2 aliphatic heterocycles. The lowest BCUT2D eigenvalue weighted by atomic mass is 9.95. The molecule has 1 saturated heterocycles. The molecule has 6 nitrogen and oxygen atoms in total. The average molecular weight is 354 g/mol. The van der Waals surface area contributed by atoms with Crippen LogP contribution in [0.15, 0.2) is 18.2 Å². The number of anilines is 1. The van der Waals surface area contributed by atoms with Crippen molar-refractivity contribution in [3.8, 4) is 5.75 Å². The van der Waals surface area contributed by atoms with Crippen molar-refractivity contribution in [1.29, 1.82) is 0 Å². The Morgan fingerprint density at radius 3 is 2.88 bits per heavy atom. The van der Waals surface area contributed by atoms with E-state index in [9.17, 15) is 9.59 Å². The molecule has 7 heteroatoms. The van der Waals surface area contributed by atoms with Crippen molar-refractivity contribution < 1.29 is 14.3 Å². The molecular formula is C17H24ClN3O3. The average Bonchev–Trinajstić information content (AvgIpc) is 2.54. The van der Waals surface area contributed by atoms with E-state index in [2.05, 4.69) is 5.32 Å². The van der Waals surface area contributed by atoms with E-state index in [0.29, 0.717) is 23.5 Å². The summed E-state index contributed by atoms with van der Waals surface area (Å²) in [6.45, 7) is 4.32. The minimum absolute atomic E-state index is 0. The number of benzene rings is 1. The lowest BCUT2D eigenvalue weighted by Gasteiger charge is -2.38. The number of para-hydroxylation sites is 1. The number of amides is 2. The summed E-state index contributed by atoms with van der Waals surface area (Å²) in [5, 5.41) is 2.78. The molecule has 1 aromatic rings. The number of carbonyl (C=O) groups excluding carboxylic acids is 2. The monoisotopic (exact) mass is 353 g/mol. The van der Waals surface area contributed by atoms with Crippen molar-refractivity contribution in [3.63, 3.8) is 0 Å². The molecule has 0 saturated carbocycles. The van der Waals surface area contributed by atoms with Gasteiger partial charge in [0.1, 0.15) is 0 Å². The van der Waals surface area contributed by atoms with Gasteiger partial charge in [-0.1, -0.05) is 6.07 Å². The number of hydrogen-bond acceptors (Lipinski definition) is 4. The number of rotatable bonds is 2. The highest BCUT2D eigenvalue weighted by Gasteiger charge is 2.34. The van der Waals surface area contributed by atoms with Gasteiger partial charge in [-0.05, 0) is 45.2 Å². The number of nitrogens with two attached hydrogens (primary N) is 1. The molecule has 1 aromatic carbocycles. The Labute approximate surface area is 148 Å². The Morgan fingerprint density at radius 1 is 1.42 bits per heavy atom. The second-order valence-electron chi connectivity index (χ2n) is 6.35. The van der Waals surface area contributed by atoms with Crippen LogP contribution in [0, 0.1) is 0 Å². The van der Waals surface area contributed by atoms with Crippen molar-refractivity contribution >= 4 is 29.9 Å². The molecule has 2 amide bonds. The topological polar surface area (TPSA) is 84.7 Å². The van der Waals surface area contributed by atoms with Crippen LogP contribution < -0.4 is 15.8 Å². The van der Waals surface area contributed by atoms with Gasteiger partial charge in [-0.3, -0.25) is 9.59 Å². The highest BCUT2D eigenvalue weighted by Crippen LogP contribution is 2.35. The fraction of sp³-hybridized carbons (Fsp3) is 0.529. The molecule has 3 atom stereocenters. The number of hydrogen-bond donors (Lipinski definition) is 2. The SMILES string of the molecule is CC1Oc2c(cccc2C(=O)N2CCCCC2C(C)N)NC1=O.Cl. The number of halogens is 1. The van der Waals surface area contributed by atoms with E-state index in [0.717, 1.165) is 19.3 Å². The first-order chi connectivity index (χ1) is 11.0. The Balaban J connectivity index is 0.00000208. The molecular weight excluding hydrogens is 330 g/mol. The predicted molar refractivity (Wildman–Crippen MR) is 94.7 cm³/mol. The van der Waals surface area contributed by atoms with Crippen LogP contribution in [0.2, 0.25) is 0 Å². The van der Waals surface area contributed by atoms with Crippen LogP contribution in [0.1, 0.15) is 43.5 Å². The highest BCUT2D eigenvalue weighted by molar-refractivity contribution is 6.04. The zero-order valence-electron chi connectivity index (χ0n) is 14.0. The quantitative estimate of drug-likeness (QED) is 0.853. The molecule has 1 fully saturated rings. The Hall–Kier alpha value is -1.79. The maximum atomic E-state index is 13.1. The van der Waals surface area contributed by atoms with E-state index >= 15 is 0 Å². The summed E-state index contributed by atoms with van der Waals surface area (Å²) < 4.78 is 5.69. The molecule has 0 spiro atoms.